The van der Waals surface area contributed by atoms with E-state index >= 15 is 0 Å². The molecule has 0 saturated carbocycles. The van der Waals surface area contributed by atoms with Gasteiger partial charge in [0.05, 0.1) is 16.8 Å². The molecule has 0 amide bonds. The molecule has 2 aromatic carbocycles. The number of benzene rings is 2. The Morgan fingerprint density at radius 1 is 1.00 bits per heavy atom. The fourth-order valence-electron chi connectivity index (χ4n) is 3.22. The van der Waals surface area contributed by atoms with Gasteiger partial charge in [-0.1, -0.05) is 11.3 Å². The van der Waals surface area contributed by atoms with E-state index in [1.807, 2.05) is 0 Å². The van der Waals surface area contributed by atoms with E-state index in [-0.39, 0.29) is 22.5 Å². The molecule has 0 spiro atoms. The first-order valence-corrected chi connectivity index (χ1v) is 8.62. The first-order chi connectivity index (χ1) is 14.7. The van der Waals surface area contributed by atoms with Gasteiger partial charge in [0, 0.05) is 11.6 Å². The number of hydrogen-bond acceptors (Lipinski definition) is 6. The molecule has 156 valence electrons. The molecule has 3 aromatic heterocycles. The van der Waals surface area contributed by atoms with Crippen LogP contribution in [0.15, 0.2) is 36.4 Å². The number of aromatic nitrogens is 7. The van der Waals surface area contributed by atoms with E-state index in [1.165, 1.54) is 6.07 Å². The molecule has 0 aliphatic carbocycles. The molecule has 8 nitrogen and oxygen atoms in total. The first kappa shape index (κ1) is 18.8. The van der Waals surface area contributed by atoms with E-state index < -0.39 is 29.6 Å². The molecule has 3 heterocycles. The van der Waals surface area contributed by atoms with Gasteiger partial charge in [-0.25, -0.2) is 18.7 Å². The van der Waals surface area contributed by atoms with Crippen molar-refractivity contribution in [2.75, 3.05) is 5.73 Å². The van der Waals surface area contributed by atoms with Crippen LogP contribution in [0.5, 0.6) is 0 Å². The van der Waals surface area contributed by atoms with E-state index in [1.54, 1.807) is 12.1 Å². The lowest BCUT2D eigenvalue weighted by molar-refractivity contribution is -0.144. The maximum absolute atomic E-state index is 14.6. The summed E-state index contributed by atoms with van der Waals surface area (Å²) >= 11 is 0. The average Bonchev–Trinajstić information content (AvgIpc) is 3.34. The lowest BCUT2D eigenvalue weighted by atomic mass is 9.99. The van der Waals surface area contributed by atoms with Crippen LogP contribution in [0, 0.1) is 11.6 Å². The van der Waals surface area contributed by atoms with Gasteiger partial charge >= 0.3 is 6.18 Å². The van der Waals surface area contributed by atoms with Crippen molar-refractivity contribution in [3.05, 3.63) is 53.9 Å². The Morgan fingerprint density at radius 3 is 2.55 bits per heavy atom. The third-order valence-corrected chi connectivity index (χ3v) is 4.57. The predicted octanol–water partition coefficient (Wildman–Crippen LogP) is 3.61. The first-order valence-electron chi connectivity index (χ1n) is 8.62. The van der Waals surface area contributed by atoms with Gasteiger partial charge in [0.25, 0.3) is 5.82 Å². The highest BCUT2D eigenvalue weighted by atomic mass is 19.4. The Kier molecular flexibility index (Phi) is 3.90. The van der Waals surface area contributed by atoms with Gasteiger partial charge in [-0.05, 0) is 29.8 Å². The number of hydrogen-bond donors (Lipinski definition) is 2. The van der Waals surface area contributed by atoms with Gasteiger partial charge < -0.3 is 5.73 Å². The van der Waals surface area contributed by atoms with Crippen molar-refractivity contribution in [2.45, 2.75) is 6.18 Å². The Balaban J connectivity index is 1.90. The minimum Gasteiger partial charge on any atom is -0.368 e. The highest BCUT2D eigenvalue weighted by Gasteiger charge is 2.37. The van der Waals surface area contributed by atoms with E-state index in [2.05, 4.69) is 30.5 Å². The molecule has 0 radical (unpaired) electrons. The Morgan fingerprint density at radius 2 is 1.81 bits per heavy atom. The molecule has 3 N–H and O–H groups in total. The van der Waals surface area contributed by atoms with Gasteiger partial charge in [0.1, 0.15) is 17.2 Å². The molecular weight excluding hydrogens is 423 g/mol. The minimum absolute atomic E-state index is 0.00704. The summed E-state index contributed by atoms with van der Waals surface area (Å²) in [4.78, 5) is 7.65. The van der Waals surface area contributed by atoms with Crippen LogP contribution >= 0.6 is 0 Å². The second-order valence-electron chi connectivity index (χ2n) is 6.53. The van der Waals surface area contributed by atoms with Crippen molar-refractivity contribution in [3.8, 4) is 22.4 Å². The highest BCUT2D eigenvalue weighted by molar-refractivity contribution is 5.93. The third kappa shape index (κ3) is 3.01. The third-order valence-electron chi connectivity index (χ3n) is 4.57. The quantitative estimate of drug-likeness (QED) is 0.413. The fourth-order valence-corrected chi connectivity index (χ4v) is 3.22. The summed E-state index contributed by atoms with van der Waals surface area (Å²) in [6, 6.07) is 7.38. The number of H-pyrrole nitrogens is 1. The maximum atomic E-state index is 14.6. The van der Waals surface area contributed by atoms with E-state index in [0.717, 1.165) is 16.6 Å². The van der Waals surface area contributed by atoms with Crippen LogP contribution in [0.3, 0.4) is 0 Å². The number of halogens is 5. The number of nitrogen functional groups attached to an aromatic ring is 1. The molecule has 0 fully saturated rings. The van der Waals surface area contributed by atoms with Crippen LogP contribution in [0.2, 0.25) is 0 Å². The van der Waals surface area contributed by atoms with Crippen LogP contribution in [-0.2, 0) is 6.18 Å². The summed E-state index contributed by atoms with van der Waals surface area (Å²) in [5.74, 6) is -3.71. The molecule has 31 heavy (non-hydrogen) atoms. The molecule has 0 aliphatic heterocycles. The second kappa shape index (κ2) is 6.42. The normalized spacial score (nSPS) is 12.2. The molecule has 13 heteroatoms. The summed E-state index contributed by atoms with van der Waals surface area (Å²) in [6.07, 6.45) is -4.85. The molecule has 0 saturated heterocycles. The SMILES string of the molecule is Nc1nc(-c2ccc(F)cc2F)c(-c2ccc3[nH]nnc3c2)c2nc(C(F)(F)F)nn12. The fraction of sp³-hybridized carbons (Fsp3) is 0.0556. The maximum Gasteiger partial charge on any atom is 0.453 e. The zero-order valence-corrected chi connectivity index (χ0v) is 15.1. The molecule has 0 unspecified atom stereocenters. The molecule has 5 aromatic rings. The summed E-state index contributed by atoms with van der Waals surface area (Å²) in [6.45, 7) is 0. The molecule has 0 aliphatic rings. The molecule has 0 atom stereocenters. The zero-order valence-electron chi connectivity index (χ0n) is 15.1. The van der Waals surface area contributed by atoms with Gasteiger partial charge in [0.2, 0.25) is 5.95 Å². The number of alkyl halides is 3. The molecule has 5 rings (SSSR count). The largest absolute Gasteiger partial charge is 0.453 e. The minimum atomic E-state index is -4.85. The summed E-state index contributed by atoms with van der Waals surface area (Å²) < 4.78 is 68.5. The zero-order chi connectivity index (χ0) is 21.9. The van der Waals surface area contributed by atoms with Crippen LogP contribution in [0.4, 0.5) is 27.9 Å². The summed E-state index contributed by atoms with van der Waals surface area (Å²) in [7, 11) is 0. The van der Waals surface area contributed by atoms with Crippen molar-refractivity contribution in [3.63, 3.8) is 0 Å². The number of nitrogens with two attached hydrogens (primary N) is 1. The number of fused-ring (bicyclic) bond motifs is 2. The predicted molar refractivity (Wildman–Crippen MR) is 98.4 cm³/mol. The van der Waals surface area contributed by atoms with Crippen molar-refractivity contribution in [1.82, 2.24) is 35.0 Å². The lowest BCUT2D eigenvalue weighted by Gasteiger charge is -2.12. The summed E-state index contributed by atoms with van der Waals surface area (Å²) in [5.41, 5.74) is 6.47. The Bertz CT molecular complexity index is 1470. The standard InChI is InChI=1S/C18H9F5N8/c19-8-2-3-9(10(20)6-8)14-13(7-1-4-11-12(5-7)28-30-27-11)15-26-16(18(21,22)23)29-31(15)17(24)25-14/h1-6H,(H2,24,25)(H,27,28,30). The van der Waals surface area contributed by atoms with Gasteiger partial charge in [-0.15, -0.1) is 10.2 Å². The summed E-state index contributed by atoms with van der Waals surface area (Å²) in [5, 5.41) is 13.6. The monoisotopic (exact) mass is 432 g/mol. The Labute approximate surface area is 168 Å². The molecular formula is C18H9F5N8. The topological polar surface area (TPSA) is 111 Å². The molecule has 0 bridgehead atoms. The van der Waals surface area contributed by atoms with Crippen LogP contribution in [0.25, 0.3) is 39.1 Å². The van der Waals surface area contributed by atoms with Crippen molar-refractivity contribution < 1.29 is 22.0 Å². The number of aromatic amines is 1. The Hall–Kier alpha value is -4.16. The van der Waals surface area contributed by atoms with Gasteiger partial charge in [-0.3, -0.25) is 5.10 Å². The van der Waals surface area contributed by atoms with Crippen molar-refractivity contribution >= 4 is 22.6 Å². The van der Waals surface area contributed by atoms with E-state index in [9.17, 15) is 22.0 Å². The van der Waals surface area contributed by atoms with Gasteiger partial charge in [0.15, 0.2) is 5.65 Å². The number of anilines is 1. The van der Waals surface area contributed by atoms with Crippen LogP contribution < -0.4 is 5.73 Å². The average molecular weight is 432 g/mol. The van der Waals surface area contributed by atoms with E-state index in [0.29, 0.717) is 22.7 Å². The van der Waals surface area contributed by atoms with Gasteiger partial charge in [-0.2, -0.15) is 17.7 Å². The second-order valence-corrected chi connectivity index (χ2v) is 6.53. The van der Waals surface area contributed by atoms with Crippen molar-refractivity contribution in [1.29, 1.82) is 0 Å². The van der Waals surface area contributed by atoms with Crippen molar-refractivity contribution in [2.24, 2.45) is 0 Å². The van der Waals surface area contributed by atoms with Crippen LogP contribution in [0.1, 0.15) is 5.82 Å². The number of rotatable bonds is 2. The van der Waals surface area contributed by atoms with E-state index in [4.69, 9.17) is 5.73 Å². The highest BCUT2D eigenvalue weighted by Crippen LogP contribution is 2.38. The smallest absolute Gasteiger partial charge is 0.368 e. The van der Waals surface area contributed by atoms with Crippen LogP contribution in [-0.4, -0.2) is 35.0 Å². The number of nitrogens with one attached hydrogen (secondary N) is 1. The number of nitrogens with zero attached hydrogens (tertiary/aromatic N) is 6. The lowest BCUT2D eigenvalue weighted by Crippen LogP contribution is -2.09.